The van der Waals surface area contributed by atoms with Crippen LogP contribution in [0.2, 0.25) is 0 Å². The SMILES string of the molecule is CCOc1ccc(C(=O)Nc2nc(-c3ccccc3OC)cs2)cc1OC. The maximum absolute atomic E-state index is 12.6. The van der Waals surface area contributed by atoms with Crippen LogP contribution < -0.4 is 19.5 Å². The van der Waals surface area contributed by atoms with Crippen LogP contribution in [0.25, 0.3) is 11.3 Å². The Hall–Kier alpha value is -3.06. The summed E-state index contributed by atoms with van der Waals surface area (Å²) in [5, 5.41) is 5.21. The van der Waals surface area contributed by atoms with Gasteiger partial charge in [0.2, 0.25) is 0 Å². The second-order valence-electron chi connectivity index (χ2n) is 5.49. The largest absolute Gasteiger partial charge is 0.496 e. The highest BCUT2D eigenvalue weighted by molar-refractivity contribution is 7.14. The number of amides is 1. The van der Waals surface area contributed by atoms with E-state index in [0.29, 0.717) is 28.8 Å². The molecule has 0 unspecified atom stereocenters. The smallest absolute Gasteiger partial charge is 0.257 e. The standard InChI is InChI=1S/C20H20N2O4S/c1-4-26-17-10-9-13(11-18(17)25-3)19(23)22-20-21-15(12-27-20)14-7-5-6-8-16(14)24-2/h5-12H,4H2,1-3H3,(H,21,22,23). The van der Waals surface area contributed by atoms with Crippen LogP contribution in [0.3, 0.4) is 0 Å². The molecule has 1 amide bonds. The summed E-state index contributed by atoms with van der Waals surface area (Å²) in [4.78, 5) is 17.0. The van der Waals surface area contributed by atoms with Crippen LogP contribution in [0.5, 0.6) is 17.2 Å². The van der Waals surface area contributed by atoms with E-state index in [1.807, 2.05) is 36.6 Å². The van der Waals surface area contributed by atoms with E-state index in [-0.39, 0.29) is 5.91 Å². The highest BCUT2D eigenvalue weighted by Crippen LogP contribution is 2.32. The first kappa shape index (κ1) is 18.7. The third kappa shape index (κ3) is 4.20. The summed E-state index contributed by atoms with van der Waals surface area (Å²) in [6, 6.07) is 12.7. The van der Waals surface area contributed by atoms with Gasteiger partial charge in [0.1, 0.15) is 5.75 Å². The first-order valence-electron chi connectivity index (χ1n) is 8.37. The second-order valence-corrected chi connectivity index (χ2v) is 6.35. The normalized spacial score (nSPS) is 10.3. The summed E-state index contributed by atoms with van der Waals surface area (Å²) in [6.07, 6.45) is 0. The molecular formula is C20H20N2O4S. The van der Waals surface area contributed by atoms with Crippen LogP contribution in [0, 0.1) is 0 Å². The number of hydrogen-bond acceptors (Lipinski definition) is 6. The van der Waals surface area contributed by atoms with E-state index < -0.39 is 0 Å². The van der Waals surface area contributed by atoms with Crippen molar-refractivity contribution in [3.63, 3.8) is 0 Å². The first-order valence-corrected chi connectivity index (χ1v) is 9.25. The summed E-state index contributed by atoms with van der Waals surface area (Å²) in [6.45, 7) is 2.41. The molecule has 3 aromatic rings. The molecule has 0 saturated carbocycles. The predicted molar refractivity (Wildman–Crippen MR) is 106 cm³/mol. The van der Waals surface area contributed by atoms with E-state index in [0.717, 1.165) is 17.0 Å². The van der Waals surface area contributed by atoms with Crippen LogP contribution >= 0.6 is 11.3 Å². The molecule has 0 atom stereocenters. The number of carbonyl (C=O) groups is 1. The van der Waals surface area contributed by atoms with Crippen molar-refractivity contribution < 1.29 is 19.0 Å². The maximum atomic E-state index is 12.6. The van der Waals surface area contributed by atoms with E-state index >= 15 is 0 Å². The molecule has 0 aliphatic carbocycles. The first-order chi connectivity index (χ1) is 13.2. The van der Waals surface area contributed by atoms with Gasteiger partial charge in [-0.3, -0.25) is 10.1 Å². The van der Waals surface area contributed by atoms with E-state index in [1.165, 1.54) is 11.3 Å². The van der Waals surface area contributed by atoms with E-state index in [4.69, 9.17) is 14.2 Å². The lowest BCUT2D eigenvalue weighted by atomic mass is 10.1. The summed E-state index contributed by atoms with van der Waals surface area (Å²) < 4.78 is 16.1. The molecular weight excluding hydrogens is 364 g/mol. The van der Waals surface area contributed by atoms with E-state index in [1.54, 1.807) is 32.4 Å². The van der Waals surface area contributed by atoms with Gasteiger partial charge in [-0.05, 0) is 37.3 Å². The zero-order chi connectivity index (χ0) is 19.2. The Kier molecular flexibility index (Phi) is 5.93. The fourth-order valence-corrected chi connectivity index (χ4v) is 3.27. The summed E-state index contributed by atoms with van der Waals surface area (Å²) >= 11 is 1.35. The van der Waals surface area contributed by atoms with Crippen molar-refractivity contribution >= 4 is 22.4 Å². The molecule has 6 nitrogen and oxygen atoms in total. The molecule has 0 fully saturated rings. The monoisotopic (exact) mass is 384 g/mol. The predicted octanol–water partition coefficient (Wildman–Crippen LogP) is 4.48. The van der Waals surface area contributed by atoms with Gasteiger partial charge < -0.3 is 14.2 Å². The molecule has 0 spiro atoms. The lowest BCUT2D eigenvalue weighted by Crippen LogP contribution is -2.12. The van der Waals surface area contributed by atoms with Crippen molar-refractivity contribution in [3.05, 3.63) is 53.4 Å². The van der Waals surface area contributed by atoms with Gasteiger partial charge >= 0.3 is 0 Å². The number of para-hydroxylation sites is 1. The Morgan fingerprint density at radius 2 is 1.85 bits per heavy atom. The highest BCUT2D eigenvalue weighted by atomic mass is 32.1. The molecule has 0 aliphatic rings. The minimum Gasteiger partial charge on any atom is -0.496 e. The molecule has 27 heavy (non-hydrogen) atoms. The van der Waals surface area contributed by atoms with E-state index in [9.17, 15) is 4.79 Å². The molecule has 2 aromatic carbocycles. The Balaban J connectivity index is 1.78. The average Bonchev–Trinajstić information content (AvgIpc) is 3.16. The number of rotatable bonds is 7. The highest BCUT2D eigenvalue weighted by Gasteiger charge is 2.14. The third-order valence-corrected chi connectivity index (χ3v) is 4.59. The van der Waals surface area contributed by atoms with Crippen LogP contribution in [0.4, 0.5) is 5.13 Å². The Labute approximate surface area is 161 Å². The van der Waals surface area contributed by atoms with Crippen LogP contribution in [0.15, 0.2) is 47.8 Å². The summed E-state index contributed by atoms with van der Waals surface area (Å²) in [7, 11) is 3.16. The topological polar surface area (TPSA) is 69.7 Å². The van der Waals surface area contributed by atoms with Crippen molar-refractivity contribution in [2.24, 2.45) is 0 Å². The van der Waals surface area contributed by atoms with Crippen molar-refractivity contribution in [1.29, 1.82) is 0 Å². The number of benzene rings is 2. The summed E-state index contributed by atoms with van der Waals surface area (Å²) in [5.41, 5.74) is 2.08. The second kappa shape index (κ2) is 8.55. The molecule has 0 saturated heterocycles. The molecule has 1 heterocycles. The van der Waals surface area contributed by atoms with Crippen LogP contribution in [-0.4, -0.2) is 31.7 Å². The number of thiazole rings is 1. The van der Waals surface area contributed by atoms with Crippen molar-refractivity contribution in [2.45, 2.75) is 6.92 Å². The van der Waals surface area contributed by atoms with Gasteiger partial charge in [-0.25, -0.2) is 4.98 Å². The van der Waals surface area contributed by atoms with Crippen LogP contribution in [0.1, 0.15) is 17.3 Å². The Morgan fingerprint density at radius 3 is 2.59 bits per heavy atom. The maximum Gasteiger partial charge on any atom is 0.257 e. The fourth-order valence-electron chi connectivity index (χ4n) is 2.56. The minimum atomic E-state index is -0.266. The number of nitrogens with one attached hydrogen (secondary N) is 1. The van der Waals surface area contributed by atoms with Gasteiger partial charge in [-0.15, -0.1) is 11.3 Å². The van der Waals surface area contributed by atoms with Gasteiger partial charge in [0, 0.05) is 16.5 Å². The fraction of sp³-hybridized carbons (Fsp3) is 0.200. The molecule has 0 radical (unpaired) electrons. The number of methoxy groups -OCH3 is 2. The molecule has 0 bridgehead atoms. The zero-order valence-electron chi connectivity index (χ0n) is 15.3. The van der Waals surface area contributed by atoms with E-state index in [2.05, 4.69) is 10.3 Å². The Morgan fingerprint density at radius 1 is 1.07 bits per heavy atom. The molecule has 3 rings (SSSR count). The van der Waals surface area contributed by atoms with Gasteiger partial charge in [-0.1, -0.05) is 12.1 Å². The number of anilines is 1. The number of carbonyl (C=O) groups excluding carboxylic acids is 1. The lowest BCUT2D eigenvalue weighted by Gasteiger charge is -2.10. The van der Waals surface area contributed by atoms with Crippen molar-refractivity contribution in [1.82, 2.24) is 4.98 Å². The van der Waals surface area contributed by atoms with Crippen molar-refractivity contribution in [2.75, 3.05) is 26.1 Å². The molecule has 1 aromatic heterocycles. The quantitative estimate of drug-likeness (QED) is 0.650. The molecule has 140 valence electrons. The lowest BCUT2D eigenvalue weighted by molar-refractivity contribution is 0.102. The Bertz CT molecular complexity index is 939. The molecule has 1 N–H and O–H groups in total. The van der Waals surface area contributed by atoms with Gasteiger partial charge in [0.05, 0.1) is 26.5 Å². The third-order valence-electron chi connectivity index (χ3n) is 3.83. The average molecular weight is 384 g/mol. The van der Waals surface area contributed by atoms with Gasteiger partial charge in [0.25, 0.3) is 5.91 Å². The number of ether oxygens (including phenoxy) is 3. The van der Waals surface area contributed by atoms with Gasteiger partial charge in [-0.2, -0.15) is 0 Å². The van der Waals surface area contributed by atoms with Gasteiger partial charge in [0.15, 0.2) is 16.6 Å². The van der Waals surface area contributed by atoms with Crippen molar-refractivity contribution in [3.8, 4) is 28.5 Å². The van der Waals surface area contributed by atoms with Crippen LogP contribution in [-0.2, 0) is 0 Å². The molecule has 0 aliphatic heterocycles. The minimum absolute atomic E-state index is 0.266. The number of aromatic nitrogens is 1. The molecule has 7 heteroatoms. The zero-order valence-corrected chi connectivity index (χ0v) is 16.1. The number of hydrogen-bond donors (Lipinski definition) is 1. The summed E-state index contributed by atoms with van der Waals surface area (Å²) in [5.74, 6) is 1.58. The number of nitrogens with zero attached hydrogens (tertiary/aromatic N) is 1.